The molecule has 2 fully saturated rings. The summed E-state index contributed by atoms with van der Waals surface area (Å²) in [6.07, 6.45) is 6.07. The van der Waals surface area contributed by atoms with E-state index in [4.69, 9.17) is 28.4 Å². The maximum absolute atomic E-state index is 12.9. The van der Waals surface area contributed by atoms with E-state index in [1.54, 1.807) is 0 Å². The molecule has 7 N–H and O–H groups in total. The normalized spacial score (nSPS) is 28.6. The van der Waals surface area contributed by atoms with E-state index in [2.05, 4.69) is 13.8 Å². The van der Waals surface area contributed by atoms with E-state index >= 15 is 0 Å². The molecule has 0 saturated carbocycles. The summed E-state index contributed by atoms with van der Waals surface area (Å²) in [7, 11) is 0. The summed E-state index contributed by atoms with van der Waals surface area (Å²) in [5, 5.41) is 71.6. The zero-order chi connectivity index (χ0) is 41.1. The van der Waals surface area contributed by atoms with Gasteiger partial charge in [0, 0.05) is 12.8 Å². The van der Waals surface area contributed by atoms with Gasteiger partial charge in [-0.1, -0.05) is 129 Å². The van der Waals surface area contributed by atoms with Crippen LogP contribution in [0.2, 0.25) is 0 Å². The van der Waals surface area contributed by atoms with Crippen LogP contribution in [-0.2, 0) is 38.0 Å². The van der Waals surface area contributed by atoms with E-state index in [0.717, 1.165) is 44.9 Å². The molecule has 0 aromatic heterocycles. The lowest BCUT2D eigenvalue weighted by molar-refractivity contribution is -0.332. The first-order valence-electron chi connectivity index (χ1n) is 21.6. The van der Waals surface area contributed by atoms with Gasteiger partial charge in [-0.15, -0.1) is 0 Å². The molecular formula is C41H76O15. The van der Waals surface area contributed by atoms with Crippen molar-refractivity contribution in [2.75, 3.05) is 26.4 Å². The maximum Gasteiger partial charge on any atom is 0.306 e. The molecule has 0 radical (unpaired) electrons. The van der Waals surface area contributed by atoms with Crippen LogP contribution in [-0.4, -0.2) is 142 Å². The molecule has 56 heavy (non-hydrogen) atoms. The number of hydrogen-bond acceptors (Lipinski definition) is 15. The van der Waals surface area contributed by atoms with Crippen molar-refractivity contribution < 1.29 is 73.8 Å². The van der Waals surface area contributed by atoms with E-state index < -0.39 is 92.7 Å². The van der Waals surface area contributed by atoms with Crippen LogP contribution in [0, 0.1) is 0 Å². The molecule has 2 heterocycles. The molecule has 0 amide bonds. The van der Waals surface area contributed by atoms with E-state index in [0.29, 0.717) is 12.8 Å². The van der Waals surface area contributed by atoms with Crippen LogP contribution in [0.25, 0.3) is 0 Å². The van der Waals surface area contributed by atoms with Crippen molar-refractivity contribution in [2.45, 2.75) is 223 Å². The Balaban J connectivity index is 1.86. The highest BCUT2D eigenvalue weighted by molar-refractivity contribution is 5.70. The van der Waals surface area contributed by atoms with Gasteiger partial charge in [0.25, 0.3) is 0 Å². The van der Waals surface area contributed by atoms with E-state index in [1.165, 1.54) is 70.6 Å². The Bertz CT molecular complexity index is 1000. The lowest BCUT2D eigenvalue weighted by Crippen LogP contribution is -2.61. The third kappa shape index (κ3) is 20.0. The standard InChI is InChI=1S/C41H76O15/c1-3-5-7-9-11-12-13-14-15-16-18-20-22-24-33(44)54-29(26-51-32(43)23-21-19-17-10-8-6-4-2)27-52-40-39(50)37(48)35(46)31(56-40)28-53-41-38(49)36(47)34(45)30(25-42)55-41/h29-31,34-42,45-50H,3-28H2,1-2H3. The molecule has 2 aliphatic heterocycles. The van der Waals surface area contributed by atoms with Crippen LogP contribution in [0.5, 0.6) is 0 Å². The number of aliphatic hydroxyl groups is 7. The number of hydrogen-bond donors (Lipinski definition) is 7. The Kier molecular flexibility index (Phi) is 27.6. The summed E-state index contributed by atoms with van der Waals surface area (Å²) >= 11 is 0. The number of rotatable bonds is 32. The highest BCUT2D eigenvalue weighted by atomic mass is 16.7. The Morgan fingerprint density at radius 3 is 1.39 bits per heavy atom. The third-order valence-corrected chi connectivity index (χ3v) is 10.6. The summed E-state index contributed by atoms with van der Waals surface area (Å²) in [6, 6.07) is 0. The first-order chi connectivity index (χ1) is 27.0. The quantitative estimate of drug-likeness (QED) is 0.0380. The Hall–Kier alpha value is -1.50. The van der Waals surface area contributed by atoms with E-state index in [9.17, 15) is 45.3 Å². The lowest BCUT2D eigenvalue weighted by atomic mass is 9.98. The highest BCUT2D eigenvalue weighted by Crippen LogP contribution is 2.26. The molecule has 0 aliphatic carbocycles. The van der Waals surface area contributed by atoms with Crippen LogP contribution in [0.3, 0.4) is 0 Å². The molecule has 0 aromatic carbocycles. The minimum absolute atomic E-state index is 0.172. The van der Waals surface area contributed by atoms with Crippen molar-refractivity contribution in [3.05, 3.63) is 0 Å². The predicted molar refractivity (Wildman–Crippen MR) is 206 cm³/mol. The Morgan fingerprint density at radius 2 is 0.911 bits per heavy atom. The zero-order valence-corrected chi connectivity index (χ0v) is 34.1. The molecule has 2 aliphatic rings. The number of aliphatic hydroxyl groups excluding tert-OH is 7. The smallest absolute Gasteiger partial charge is 0.306 e. The molecule has 11 atom stereocenters. The molecule has 15 heteroatoms. The molecular weight excluding hydrogens is 732 g/mol. The fraction of sp³-hybridized carbons (Fsp3) is 0.951. The van der Waals surface area contributed by atoms with Gasteiger partial charge in [-0.25, -0.2) is 0 Å². The zero-order valence-electron chi connectivity index (χ0n) is 34.1. The average Bonchev–Trinajstić information content (AvgIpc) is 3.19. The van der Waals surface area contributed by atoms with Gasteiger partial charge in [0.1, 0.15) is 55.4 Å². The Labute approximate surface area is 334 Å². The number of ether oxygens (including phenoxy) is 6. The lowest BCUT2D eigenvalue weighted by Gasteiger charge is -2.42. The minimum Gasteiger partial charge on any atom is -0.462 e. The van der Waals surface area contributed by atoms with Gasteiger partial charge in [-0.2, -0.15) is 0 Å². The molecule has 0 spiro atoms. The summed E-state index contributed by atoms with van der Waals surface area (Å²) in [6.45, 7) is 2.52. The van der Waals surface area contributed by atoms with Crippen molar-refractivity contribution in [3.8, 4) is 0 Å². The first-order valence-corrected chi connectivity index (χ1v) is 21.6. The second-order valence-electron chi connectivity index (χ2n) is 15.5. The van der Waals surface area contributed by atoms with Gasteiger partial charge in [0.2, 0.25) is 0 Å². The van der Waals surface area contributed by atoms with Gasteiger partial charge >= 0.3 is 11.9 Å². The van der Waals surface area contributed by atoms with Crippen LogP contribution in [0.15, 0.2) is 0 Å². The first kappa shape index (κ1) is 50.6. The SMILES string of the molecule is CCCCCCCCCCCCCCCC(=O)OC(COC(=O)CCCCCCCCC)COC1OC(COC2OC(CO)C(O)C(O)C2O)C(O)C(O)C1O. The number of carbonyl (C=O) groups excluding carboxylic acids is 2. The molecule has 11 unspecified atom stereocenters. The fourth-order valence-electron chi connectivity index (χ4n) is 6.92. The second-order valence-corrected chi connectivity index (χ2v) is 15.5. The van der Waals surface area contributed by atoms with Crippen molar-refractivity contribution >= 4 is 11.9 Å². The monoisotopic (exact) mass is 809 g/mol. The maximum atomic E-state index is 12.9. The van der Waals surface area contributed by atoms with E-state index in [1.807, 2.05) is 0 Å². The summed E-state index contributed by atoms with van der Waals surface area (Å²) < 4.78 is 33.3. The largest absolute Gasteiger partial charge is 0.462 e. The molecule has 15 nitrogen and oxygen atoms in total. The van der Waals surface area contributed by atoms with Crippen molar-refractivity contribution in [3.63, 3.8) is 0 Å². The van der Waals surface area contributed by atoms with Gasteiger partial charge < -0.3 is 64.2 Å². The topological polar surface area (TPSA) is 231 Å². The van der Waals surface area contributed by atoms with Gasteiger partial charge in [-0.3, -0.25) is 9.59 Å². The van der Waals surface area contributed by atoms with Crippen LogP contribution in [0.4, 0.5) is 0 Å². The number of unbranched alkanes of at least 4 members (excludes halogenated alkanes) is 18. The number of carbonyl (C=O) groups is 2. The van der Waals surface area contributed by atoms with Crippen molar-refractivity contribution in [1.29, 1.82) is 0 Å². The molecule has 0 aromatic rings. The summed E-state index contributed by atoms with van der Waals surface area (Å²) in [4.78, 5) is 25.4. The second kappa shape index (κ2) is 30.5. The van der Waals surface area contributed by atoms with Crippen molar-refractivity contribution in [1.82, 2.24) is 0 Å². The fourth-order valence-corrected chi connectivity index (χ4v) is 6.92. The van der Waals surface area contributed by atoms with E-state index in [-0.39, 0.29) is 26.1 Å². The summed E-state index contributed by atoms with van der Waals surface area (Å²) in [5.41, 5.74) is 0. The third-order valence-electron chi connectivity index (χ3n) is 10.6. The number of esters is 2. The minimum atomic E-state index is -1.76. The van der Waals surface area contributed by atoms with Crippen LogP contribution in [0.1, 0.15) is 155 Å². The molecule has 330 valence electrons. The predicted octanol–water partition coefficient (Wildman–Crippen LogP) is 3.70. The van der Waals surface area contributed by atoms with Crippen LogP contribution >= 0.6 is 0 Å². The molecule has 2 rings (SSSR count). The molecule has 2 saturated heterocycles. The Morgan fingerprint density at radius 1 is 0.500 bits per heavy atom. The van der Waals surface area contributed by atoms with Gasteiger partial charge in [0.15, 0.2) is 18.7 Å². The average molecular weight is 809 g/mol. The van der Waals surface area contributed by atoms with Crippen molar-refractivity contribution in [2.24, 2.45) is 0 Å². The molecule has 0 bridgehead atoms. The van der Waals surface area contributed by atoms with Crippen LogP contribution < -0.4 is 0 Å². The van der Waals surface area contributed by atoms with Gasteiger partial charge in [0.05, 0.1) is 19.8 Å². The highest BCUT2D eigenvalue weighted by Gasteiger charge is 2.47. The van der Waals surface area contributed by atoms with Gasteiger partial charge in [-0.05, 0) is 12.8 Å². The summed E-state index contributed by atoms with van der Waals surface area (Å²) in [5.74, 6) is -0.926.